The number of nitrogens with one attached hydrogen (secondary N) is 2. The highest BCUT2D eigenvalue weighted by Gasteiger charge is 2.39. The molecule has 1 aromatic heterocycles. The lowest BCUT2D eigenvalue weighted by molar-refractivity contribution is -0.130. The molecule has 0 spiro atoms. The first-order valence-electron chi connectivity index (χ1n) is 6.39. The van der Waals surface area contributed by atoms with E-state index in [4.69, 9.17) is 0 Å². The van der Waals surface area contributed by atoms with E-state index in [0.717, 1.165) is 36.1 Å². The predicted octanol–water partition coefficient (Wildman–Crippen LogP) is 2.91. The fourth-order valence-corrected chi connectivity index (χ4v) is 3.97. The summed E-state index contributed by atoms with van der Waals surface area (Å²) in [5.41, 5.74) is -0.177. The number of hydrogen-bond acceptors (Lipinski definition) is 3. The van der Waals surface area contributed by atoms with Crippen molar-refractivity contribution in [1.82, 2.24) is 10.6 Å². The second-order valence-electron chi connectivity index (χ2n) is 4.85. The minimum absolute atomic E-state index is 0.177. The van der Waals surface area contributed by atoms with Gasteiger partial charge in [-0.25, -0.2) is 0 Å². The number of carbonyl (C=O) groups excluding carboxylic acids is 1. The van der Waals surface area contributed by atoms with Crippen LogP contribution in [0.2, 0.25) is 0 Å². The summed E-state index contributed by atoms with van der Waals surface area (Å²) in [6.07, 6.45) is 2.99. The van der Waals surface area contributed by atoms with E-state index in [1.807, 2.05) is 6.07 Å². The van der Waals surface area contributed by atoms with Crippen molar-refractivity contribution >= 4 is 33.2 Å². The quantitative estimate of drug-likeness (QED) is 0.871. The standard InChI is InChI=1S/C13H19BrN2OS/c1-2-5-13(6-7-15-9-13)12(17)16-8-10-3-4-11(14)18-10/h3-4,15H,2,5-9H2,1H3,(H,16,17). The molecule has 2 N–H and O–H groups in total. The van der Waals surface area contributed by atoms with Crippen molar-refractivity contribution in [3.63, 3.8) is 0 Å². The first kappa shape index (κ1) is 14.0. The van der Waals surface area contributed by atoms with Gasteiger partial charge in [0.1, 0.15) is 0 Å². The van der Waals surface area contributed by atoms with Gasteiger partial charge in [0.05, 0.1) is 15.7 Å². The number of amides is 1. The van der Waals surface area contributed by atoms with E-state index in [-0.39, 0.29) is 11.3 Å². The SMILES string of the molecule is CCCC1(C(=O)NCc2ccc(Br)s2)CCNC1. The molecule has 0 saturated carbocycles. The summed E-state index contributed by atoms with van der Waals surface area (Å²) < 4.78 is 1.11. The molecule has 0 radical (unpaired) electrons. The normalized spacial score (nSPS) is 23.2. The lowest BCUT2D eigenvalue weighted by atomic mass is 9.81. The zero-order valence-electron chi connectivity index (χ0n) is 10.6. The molecule has 5 heteroatoms. The van der Waals surface area contributed by atoms with E-state index in [2.05, 4.69) is 39.6 Å². The van der Waals surface area contributed by atoms with Gasteiger partial charge in [-0.3, -0.25) is 4.79 Å². The summed E-state index contributed by atoms with van der Waals surface area (Å²) in [6, 6.07) is 4.07. The zero-order valence-corrected chi connectivity index (χ0v) is 13.0. The average Bonchev–Trinajstić information content (AvgIpc) is 2.97. The van der Waals surface area contributed by atoms with E-state index in [1.165, 1.54) is 4.88 Å². The zero-order chi connectivity index (χ0) is 13.0. The summed E-state index contributed by atoms with van der Waals surface area (Å²) in [6.45, 7) is 4.56. The number of hydrogen-bond donors (Lipinski definition) is 2. The Morgan fingerprint density at radius 1 is 1.61 bits per heavy atom. The van der Waals surface area contributed by atoms with Crippen LogP contribution in [0.4, 0.5) is 0 Å². The molecule has 1 aliphatic rings. The van der Waals surface area contributed by atoms with E-state index in [1.54, 1.807) is 11.3 Å². The highest BCUT2D eigenvalue weighted by molar-refractivity contribution is 9.11. The molecule has 1 unspecified atom stereocenters. The number of thiophene rings is 1. The Morgan fingerprint density at radius 3 is 3.00 bits per heavy atom. The van der Waals surface area contributed by atoms with Gasteiger partial charge in [0.25, 0.3) is 0 Å². The second kappa shape index (κ2) is 6.17. The Hall–Kier alpha value is -0.390. The molecule has 0 aliphatic carbocycles. The predicted molar refractivity (Wildman–Crippen MR) is 78.7 cm³/mol. The Morgan fingerprint density at radius 2 is 2.44 bits per heavy atom. The third-order valence-corrected chi connectivity index (χ3v) is 5.13. The molecular formula is C13H19BrN2OS. The summed E-state index contributed by atoms with van der Waals surface area (Å²) >= 11 is 5.11. The molecular weight excluding hydrogens is 312 g/mol. The third kappa shape index (κ3) is 3.13. The van der Waals surface area contributed by atoms with Gasteiger partial charge < -0.3 is 10.6 Å². The highest BCUT2D eigenvalue weighted by Crippen LogP contribution is 2.31. The molecule has 0 bridgehead atoms. The fraction of sp³-hybridized carbons (Fsp3) is 0.615. The lowest BCUT2D eigenvalue weighted by Gasteiger charge is -2.26. The molecule has 18 heavy (non-hydrogen) atoms. The van der Waals surface area contributed by atoms with Gasteiger partial charge in [0.2, 0.25) is 5.91 Å². The van der Waals surface area contributed by atoms with Crippen LogP contribution < -0.4 is 10.6 Å². The maximum atomic E-state index is 12.4. The molecule has 1 atom stereocenters. The molecule has 1 aromatic rings. The van der Waals surface area contributed by atoms with Gasteiger partial charge in [-0.2, -0.15) is 0 Å². The van der Waals surface area contributed by atoms with Crippen LogP contribution in [-0.4, -0.2) is 19.0 Å². The maximum absolute atomic E-state index is 12.4. The van der Waals surface area contributed by atoms with Gasteiger partial charge in [-0.1, -0.05) is 13.3 Å². The summed E-state index contributed by atoms with van der Waals surface area (Å²) in [5.74, 6) is 0.207. The molecule has 1 fully saturated rings. The maximum Gasteiger partial charge on any atom is 0.227 e. The van der Waals surface area contributed by atoms with Crippen molar-refractivity contribution < 1.29 is 4.79 Å². The number of halogens is 1. The first-order valence-corrected chi connectivity index (χ1v) is 8.00. The molecule has 100 valence electrons. The number of carbonyl (C=O) groups is 1. The summed E-state index contributed by atoms with van der Waals surface area (Å²) in [5, 5.41) is 6.41. The highest BCUT2D eigenvalue weighted by atomic mass is 79.9. The van der Waals surface area contributed by atoms with Gasteiger partial charge in [0.15, 0.2) is 0 Å². The Labute approximate surface area is 120 Å². The lowest BCUT2D eigenvalue weighted by Crippen LogP contribution is -2.42. The van der Waals surface area contributed by atoms with Crippen LogP contribution in [0.5, 0.6) is 0 Å². The average molecular weight is 331 g/mol. The Kier molecular flexibility index (Phi) is 4.81. The molecule has 1 saturated heterocycles. The molecule has 0 aromatic carbocycles. The van der Waals surface area contributed by atoms with Crippen LogP contribution in [0.3, 0.4) is 0 Å². The van der Waals surface area contributed by atoms with E-state index in [0.29, 0.717) is 6.54 Å². The Balaban J connectivity index is 1.93. The smallest absolute Gasteiger partial charge is 0.227 e. The molecule has 2 heterocycles. The number of rotatable bonds is 5. The van der Waals surface area contributed by atoms with Crippen LogP contribution in [0, 0.1) is 5.41 Å². The fourth-order valence-electron chi connectivity index (χ4n) is 2.54. The molecule has 3 nitrogen and oxygen atoms in total. The van der Waals surface area contributed by atoms with Crippen molar-refractivity contribution in [2.75, 3.05) is 13.1 Å². The van der Waals surface area contributed by atoms with Crippen molar-refractivity contribution in [2.45, 2.75) is 32.7 Å². The Bertz CT molecular complexity index is 413. The van der Waals surface area contributed by atoms with Crippen LogP contribution in [0.1, 0.15) is 31.1 Å². The van der Waals surface area contributed by atoms with Crippen molar-refractivity contribution in [3.8, 4) is 0 Å². The van der Waals surface area contributed by atoms with Gasteiger partial charge in [-0.15, -0.1) is 11.3 Å². The first-order chi connectivity index (χ1) is 8.66. The minimum atomic E-state index is -0.177. The van der Waals surface area contributed by atoms with Crippen LogP contribution in [0.15, 0.2) is 15.9 Å². The van der Waals surface area contributed by atoms with E-state index < -0.39 is 0 Å². The second-order valence-corrected chi connectivity index (χ2v) is 7.39. The third-order valence-electron chi connectivity index (χ3n) is 3.51. The van der Waals surface area contributed by atoms with Gasteiger partial charge in [0, 0.05) is 11.4 Å². The van der Waals surface area contributed by atoms with Gasteiger partial charge in [-0.05, 0) is 47.4 Å². The largest absolute Gasteiger partial charge is 0.351 e. The molecule has 2 rings (SSSR count). The summed E-state index contributed by atoms with van der Waals surface area (Å²) in [7, 11) is 0. The summed E-state index contributed by atoms with van der Waals surface area (Å²) in [4.78, 5) is 13.6. The van der Waals surface area contributed by atoms with Crippen LogP contribution >= 0.6 is 27.3 Å². The van der Waals surface area contributed by atoms with Crippen molar-refractivity contribution in [1.29, 1.82) is 0 Å². The van der Waals surface area contributed by atoms with Gasteiger partial charge >= 0.3 is 0 Å². The minimum Gasteiger partial charge on any atom is -0.351 e. The van der Waals surface area contributed by atoms with E-state index in [9.17, 15) is 4.79 Å². The van der Waals surface area contributed by atoms with Crippen molar-refractivity contribution in [3.05, 3.63) is 20.8 Å². The van der Waals surface area contributed by atoms with E-state index >= 15 is 0 Å². The van der Waals surface area contributed by atoms with Crippen LogP contribution in [0.25, 0.3) is 0 Å². The van der Waals surface area contributed by atoms with Crippen LogP contribution in [-0.2, 0) is 11.3 Å². The molecule has 1 aliphatic heterocycles. The topological polar surface area (TPSA) is 41.1 Å². The van der Waals surface area contributed by atoms with Crippen molar-refractivity contribution in [2.24, 2.45) is 5.41 Å². The monoisotopic (exact) mass is 330 g/mol. The molecule has 1 amide bonds.